The zero-order chi connectivity index (χ0) is 17.6. The lowest BCUT2D eigenvalue weighted by Gasteiger charge is -2.02. The van der Waals surface area contributed by atoms with Gasteiger partial charge in [0.2, 0.25) is 5.90 Å². The Kier molecular flexibility index (Phi) is 5.14. The summed E-state index contributed by atoms with van der Waals surface area (Å²) in [6, 6.07) is 15.0. The molecule has 0 atom stereocenters. The minimum absolute atomic E-state index is 0.299. The molecule has 0 saturated carbocycles. The highest BCUT2D eigenvalue weighted by Gasteiger charge is 2.22. The molecule has 0 aliphatic carbocycles. The van der Waals surface area contributed by atoms with Crippen LogP contribution in [0, 0.1) is 0 Å². The summed E-state index contributed by atoms with van der Waals surface area (Å²) < 4.78 is 15.8. The van der Waals surface area contributed by atoms with Gasteiger partial charge in [0, 0.05) is 6.42 Å². The maximum Gasteiger partial charge on any atom is 0.363 e. The van der Waals surface area contributed by atoms with Gasteiger partial charge in [-0.1, -0.05) is 24.3 Å². The van der Waals surface area contributed by atoms with Crippen LogP contribution in [-0.4, -0.2) is 25.6 Å². The van der Waals surface area contributed by atoms with Crippen LogP contribution in [0.2, 0.25) is 0 Å². The molecule has 2 aromatic rings. The van der Waals surface area contributed by atoms with Crippen LogP contribution in [0.25, 0.3) is 6.08 Å². The van der Waals surface area contributed by atoms with E-state index in [2.05, 4.69) is 4.99 Å². The van der Waals surface area contributed by atoms with Gasteiger partial charge >= 0.3 is 5.97 Å². The second-order valence-electron chi connectivity index (χ2n) is 5.45. The zero-order valence-electron chi connectivity index (χ0n) is 14.2. The molecule has 0 fully saturated rings. The lowest BCUT2D eigenvalue weighted by Crippen LogP contribution is -2.06. The summed E-state index contributed by atoms with van der Waals surface area (Å²) in [4.78, 5) is 16.3. The molecule has 0 aromatic heterocycles. The Hall–Kier alpha value is -3.08. The molecule has 0 unspecified atom stereocenters. The molecule has 1 aliphatic rings. The van der Waals surface area contributed by atoms with Gasteiger partial charge in [0.15, 0.2) is 5.70 Å². The Morgan fingerprint density at radius 2 is 1.72 bits per heavy atom. The van der Waals surface area contributed by atoms with Crippen LogP contribution in [0.15, 0.2) is 59.2 Å². The highest BCUT2D eigenvalue weighted by atomic mass is 16.6. The Morgan fingerprint density at radius 3 is 2.36 bits per heavy atom. The van der Waals surface area contributed by atoms with E-state index < -0.39 is 5.97 Å². The van der Waals surface area contributed by atoms with Crippen molar-refractivity contribution >= 4 is 17.9 Å². The van der Waals surface area contributed by atoms with Crippen LogP contribution in [-0.2, 0) is 16.0 Å². The summed E-state index contributed by atoms with van der Waals surface area (Å²) in [6.07, 6.45) is 2.16. The smallest absolute Gasteiger partial charge is 0.363 e. The van der Waals surface area contributed by atoms with Crippen molar-refractivity contribution in [3.63, 3.8) is 0 Å². The molecule has 0 amide bonds. The van der Waals surface area contributed by atoms with Crippen molar-refractivity contribution in [2.75, 3.05) is 13.7 Å². The fraction of sp³-hybridized carbons (Fsp3) is 0.200. The lowest BCUT2D eigenvalue weighted by molar-refractivity contribution is -0.130. The zero-order valence-corrected chi connectivity index (χ0v) is 14.2. The third-order valence-corrected chi connectivity index (χ3v) is 3.67. The van der Waals surface area contributed by atoms with Gasteiger partial charge in [0.05, 0.1) is 13.7 Å². The summed E-state index contributed by atoms with van der Waals surface area (Å²) >= 11 is 0. The second kappa shape index (κ2) is 7.66. The molecule has 25 heavy (non-hydrogen) atoms. The number of cyclic esters (lactones) is 1. The average molecular weight is 337 g/mol. The minimum atomic E-state index is -0.433. The molecular formula is C20H19NO4. The third-order valence-electron chi connectivity index (χ3n) is 3.67. The van der Waals surface area contributed by atoms with Gasteiger partial charge in [0.1, 0.15) is 11.5 Å². The van der Waals surface area contributed by atoms with Gasteiger partial charge in [-0.3, -0.25) is 0 Å². The van der Waals surface area contributed by atoms with Crippen LogP contribution in [0.1, 0.15) is 18.1 Å². The summed E-state index contributed by atoms with van der Waals surface area (Å²) in [5.74, 6) is 1.54. The van der Waals surface area contributed by atoms with Crippen LogP contribution < -0.4 is 9.47 Å². The summed E-state index contributed by atoms with van der Waals surface area (Å²) in [5.41, 5.74) is 2.16. The van der Waals surface area contributed by atoms with Crippen molar-refractivity contribution in [3.8, 4) is 11.5 Å². The largest absolute Gasteiger partial charge is 0.497 e. The number of carbonyl (C=O) groups is 1. The first-order valence-electron chi connectivity index (χ1n) is 8.05. The molecular weight excluding hydrogens is 318 g/mol. The van der Waals surface area contributed by atoms with Crippen molar-refractivity contribution in [2.45, 2.75) is 13.3 Å². The Bertz CT molecular complexity index is 805. The normalized spacial score (nSPS) is 15.0. The fourth-order valence-corrected chi connectivity index (χ4v) is 2.43. The van der Waals surface area contributed by atoms with Gasteiger partial charge in [-0.25, -0.2) is 9.79 Å². The highest BCUT2D eigenvalue weighted by Crippen LogP contribution is 2.20. The van der Waals surface area contributed by atoms with Crippen molar-refractivity contribution in [1.82, 2.24) is 0 Å². The first kappa shape index (κ1) is 16.8. The lowest BCUT2D eigenvalue weighted by atomic mass is 10.1. The van der Waals surface area contributed by atoms with E-state index in [0.717, 1.165) is 22.6 Å². The predicted molar refractivity (Wildman–Crippen MR) is 95.8 cm³/mol. The van der Waals surface area contributed by atoms with E-state index in [9.17, 15) is 4.79 Å². The van der Waals surface area contributed by atoms with E-state index in [-0.39, 0.29) is 0 Å². The number of rotatable bonds is 6. The molecule has 0 N–H and O–H groups in total. The quantitative estimate of drug-likeness (QED) is 0.596. The topological polar surface area (TPSA) is 57.1 Å². The molecule has 0 spiro atoms. The molecule has 0 radical (unpaired) electrons. The highest BCUT2D eigenvalue weighted by molar-refractivity contribution is 6.07. The minimum Gasteiger partial charge on any atom is -0.497 e. The molecule has 5 nitrogen and oxygen atoms in total. The van der Waals surface area contributed by atoms with Crippen molar-refractivity contribution in [3.05, 3.63) is 65.4 Å². The summed E-state index contributed by atoms with van der Waals surface area (Å²) in [6.45, 7) is 2.55. The van der Waals surface area contributed by atoms with E-state index in [1.54, 1.807) is 13.2 Å². The number of benzene rings is 2. The molecule has 0 bridgehead atoms. The summed E-state index contributed by atoms with van der Waals surface area (Å²) in [7, 11) is 1.62. The van der Waals surface area contributed by atoms with Gasteiger partial charge < -0.3 is 14.2 Å². The number of aliphatic imine (C=N–C) groups is 1. The molecule has 0 saturated heterocycles. The molecule has 1 aliphatic heterocycles. The van der Waals surface area contributed by atoms with E-state index >= 15 is 0 Å². The first-order chi connectivity index (χ1) is 12.2. The fourth-order valence-electron chi connectivity index (χ4n) is 2.43. The van der Waals surface area contributed by atoms with Gasteiger partial charge in [0.25, 0.3) is 0 Å². The number of nitrogens with zero attached hydrogens (tertiary/aromatic N) is 1. The standard InChI is InChI=1S/C20H19NO4/c1-3-24-17-10-6-14(7-11-17)12-18-20(22)25-19(21-18)13-15-4-8-16(23-2)9-5-15/h4-12H,3,13H2,1-2H3/b18-12+. The van der Waals surface area contributed by atoms with Gasteiger partial charge in [-0.2, -0.15) is 0 Å². The number of methoxy groups -OCH3 is 1. The van der Waals surface area contributed by atoms with E-state index in [4.69, 9.17) is 14.2 Å². The second-order valence-corrected chi connectivity index (χ2v) is 5.45. The SMILES string of the molecule is CCOc1ccc(/C=C2/N=C(Cc3ccc(OC)cc3)OC2=O)cc1. The maximum absolute atomic E-state index is 12.0. The van der Waals surface area contributed by atoms with Crippen LogP contribution in [0.4, 0.5) is 0 Å². The number of carbonyl (C=O) groups excluding carboxylic acids is 1. The van der Waals surface area contributed by atoms with Crippen LogP contribution in [0.5, 0.6) is 11.5 Å². The van der Waals surface area contributed by atoms with E-state index in [1.807, 2.05) is 55.5 Å². The first-order valence-corrected chi connectivity index (χ1v) is 8.05. The molecule has 5 heteroatoms. The van der Waals surface area contributed by atoms with Crippen LogP contribution >= 0.6 is 0 Å². The van der Waals surface area contributed by atoms with Crippen molar-refractivity contribution in [1.29, 1.82) is 0 Å². The molecule has 3 rings (SSSR count). The van der Waals surface area contributed by atoms with Crippen LogP contribution in [0.3, 0.4) is 0 Å². The maximum atomic E-state index is 12.0. The van der Waals surface area contributed by atoms with E-state index in [1.165, 1.54) is 0 Å². The van der Waals surface area contributed by atoms with Crippen molar-refractivity contribution in [2.24, 2.45) is 4.99 Å². The number of hydrogen-bond acceptors (Lipinski definition) is 5. The van der Waals surface area contributed by atoms with Gasteiger partial charge in [-0.15, -0.1) is 0 Å². The Labute approximate surface area is 146 Å². The Balaban J connectivity index is 1.72. The Morgan fingerprint density at radius 1 is 1.04 bits per heavy atom. The summed E-state index contributed by atoms with van der Waals surface area (Å²) in [5, 5.41) is 0. The average Bonchev–Trinajstić information content (AvgIpc) is 2.96. The molecule has 2 aromatic carbocycles. The molecule has 128 valence electrons. The third kappa shape index (κ3) is 4.26. The predicted octanol–water partition coefficient (Wildman–Crippen LogP) is 3.63. The van der Waals surface area contributed by atoms with Crippen molar-refractivity contribution < 1.29 is 19.0 Å². The van der Waals surface area contributed by atoms with E-state index in [0.29, 0.717) is 24.6 Å². The number of esters is 1. The number of hydrogen-bond donors (Lipinski definition) is 0. The van der Waals surface area contributed by atoms with Gasteiger partial charge in [-0.05, 0) is 48.4 Å². The monoisotopic (exact) mass is 337 g/mol. The number of ether oxygens (including phenoxy) is 3. The molecule has 1 heterocycles.